The number of halogens is 1. The van der Waals surface area contributed by atoms with Crippen LogP contribution in [0.5, 0.6) is 5.75 Å². The SMILES string of the molecule is O=C(Cn1cc(OCc2ccc(F)cc2)c(=O)cc1CO)NCC1CCCO1. The summed E-state index contributed by atoms with van der Waals surface area (Å²) < 4.78 is 25.5. The maximum Gasteiger partial charge on any atom is 0.240 e. The summed E-state index contributed by atoms with van der Waals surface area (Å²) in [6.45, 7) is 0.784. The lowest BCUT2D eigenvalue weighted by molar-refractivity contribution is -0.122. The molecule has 0 saturated carbocycles. The second-order valence-electron chi connectivity index (χ2n) is 6.63. The average Bonchev–Trinajstić information content (AvgIpc) is 3.21. The first-order valence-corrected chi connectivity index (χ1v) is 9.15. The Labute approximate surface area is 161 Å². The van der Waals surface area contributed by atoms with Crippen molar-refractivity contribution in [3.8, 4) is 5.75 Å². The first-order chi connectivity index (χ1) is 13.5. The van der Waals surface area contributed by atoms with Gasteiger partial charge in [0.15, 0.2) is 5.75 Å². The summed E-state index contributed by atoms with van der Waals surface area (Å²) in [6.07, 6.45) is 3.35. The Balaban J connectivity index is 1.65. The second kappa shape index (κ2) is 9.48. The zero-order valence-corrected chi connectivity index (χ0v) is 15.4. The third-order valence-corrected chi connectivity index (χ3v) is 4.52. The quantitative estimate of drug-likeness (QED) is 0.710. The van der Waals surface area contributed by atoms with Crippen molar-refractivity contribution in [2.45, 2.75) is 38.7 Å². The number of aliphatic hydroxyl groups excluding tert-OH is 1. The summed E-state index contributed by atoms with van der Waals surface area (Å²) in [4.78, 5) is 24.4. The zero-order chi connectivity index (χ0) is 19.9. The Bertz CT molecular complexity index is 860. The van der Waals surface area contributed by atoms with E-state index in [0.29, 0.717) is 24.4 Å². The van der Waals surface area contributed by atoms with Crippen molar-refractivity contribution >= 4 is 5.91 Å². The minimum absolute atomic E-state index is 0.0323. The number of carbonyl (C=O) groups excluding carboxylic acids is 1. The molecule has 1 atom stereocenters. The van der Waals surface area contributed by atoms with Crippen LogP contribution in [0.25, 0.3) is 0 Å². The standard InChI is InChI=1S/C20H23FN2O5/c21-15-5-3-14(4-6-15)13-28-19-10-23(16(12-24)8-18(19)25)11-20(26)22-9-17-2-1-7-27-17/h3-6,8,10,17,24H,1-2,7,9,11-13H2,(H,22,26). The molecule has 1 aromatic carbocycles. The summed E-state index contributed by atoms with van der Waals surface area (Å²) in [5, 5.41) is 12.3. The number of ether oxygens (including phenoxy) is 2. The van der Waals surface area contributed by atoms with Gasteiger partial charge in [0.25, 0.3) is 0 Å². The van der Waals surface area contributed by atoms with Crippen molar-refractivity contribution in [2.75, 3.05) is 13.2 Å². The van der Waals surface area contributed by atoms with Gasteiger partial charge in [0.05, 0.1) is 18.9 Å². The van der Waals surface area contributed by atoms with Crippen molar-refractivity contribution < 1.29 is 23.8 Å². The van der Waals surface area contributed by atoms with Gasteiger partial charge in [-0.25, -0.2) is 4.39 Å². The summed E-state index contributed by atoms with van der Waals surface area (Å²) in [6, 6.07) is 6.99. The highest BCUT2D eigenvalue weighted by atomic mass is 19.1. The first kappa shape index (κ1) is 20.0. The monoisotopic (exact) mass is 390 g/mol. The molecule has 1 saturated heterocycles. The Hall–Kier alpha value is -2.71. The highest BCUT2D eigenvalue weighted by Gasteiger charge is 2.17. The highest BCUT2D eigenvalue weighted by molar-refractivity contribution is 5.75. The molecule has 2 N–H and O–H groups in total. The number of benzene rings is 1. The number of aliphatic hydroxyl groups is 1. The fourth-order valence-electron chi connectivity index (χ4n) is 2.97. The average molecular weight is 390 g/mol. The number of aromatic nitrogens is 1. The van der Waals surface area contributed by atoms with E-state index in [2.05, 4.69) is 5.32 Å². The van der Waals surface area contributed by atoms with Gasteiger partial charge in [-0.3, -0.25) is 9.59 Å². The van der Waals surface area contributed by atoms with Crippen molar-refractivity contribution in [3.63, 3.8) is 0 Å². The van der Waals surface area contributed by atoms with Gasteiger partial charge in [-0.15, -0.1) is 0 Å². The van der Waals surface area contributed by atoms with Crippen molar-refractivity contribution in [1.82, 2.24) is 9.88 Å². The number of amides is 1. The van der Waals surface area contributed by atoms with Crippen molar-refractivity contribution in [3.05, 3.63) is 63.8 Å². The van der Waals surface area contributed by atoms with E-state index in [-0.39, 0.29) is 43.3 Å². The molecule has 0 bridgehead atoms. The molecule has 2 aromatic rings. The predicted molar refractivity (Wildman–Crippen MR) is 99.3 cm³/mol. The molecule has 7 nitrogen and oxygen atoms in total. The number of pyridine rings is 1. The maximum atomic E-state index is 13.0. The lowest BCUT2D eigenvalue weighted by atomic mass is 10.2. The van der Waals surface area contributed by atoms with E-state index >= 15 is 0 Å². The van der Waals surface area contributed by atoms with E-state index in [4.69, 9.17) is 9.47 Å². The van der Waals surface area contributed by atoms with Crippen LogP contribution in [0.2, 0.25) is 0 Å². The molecule has 1 unspecified atom stereocenters. The van der Waals surface area contributed by atoms with Crippen LogP contribution in [0, 0.1) is 5.82 Å². The smallest absolute Gasteiger partial charge is 0.240 e. The molecule has 8 heteroatoms. The van der Waals surface area contributed by atoms with Gasteiger partial charge in [0.1, 0.15) is 19.0 Å². The van der Waals surface area contributed by atoms with Crippen LogP contribution in [-0.2, 0) is 29.3 Å². The molecule has 1 fully saturated rings. The van der Waals surface area contributed by atoms with Crippen LogP contribution in [0.4, 0.5) is 4.39 Å². The molecule has 150 valence electrons. The van der Waals surface area contributed by atoms with Gasteiger partial charge in [0, 0.05) is 24.9 Å². The van der Waals surface area contributed by atoms with E-state index in [1.165, 1.54) is 29.0 Å². The molecule has 1 aliphatic rings. The Morgan fingerprint density at radius 1 is 1.36 bits per heavy atom. The fraction of sp³-hybridized carbons (Fsp3) is 0.400. The largest absolute Gasteiger partial charge is 0.483 e. The molecule has 1 amide bonds. The molecule has 0 aliphatic carbocycles. The minimum atomic E-state index is -0.401. The number of hydrogen-bond donors (Lipinski definition) is 2. The van der Waals surface area contributed by atoms with E-state index in [0.717, 1.165) is 12.8 Å². The van der Waals surface area contributed by atoms with Crippen LogP contribution < -0.4 is 15.5 Å². The third-order valence-electron chi connectivity index (χ3n) is 4.52. The lowest BCUT2D eigenvalue weighted by Gasteiger charge is -2.15. The Kier molecular flexibility index (Phi) is 6.78. The summed E-state index contributed by atoms with van der Waals surface area (Å²) in [5.41, 5.74) is 0.612. The minimum Gasteiger partial charge on any atom is -0.483 e. The van der Waals surface area contributed by atoms with Crippen LogP contribution in [0.1, 0.15) is 24.1 Å². The van der Waals surface area contributed by atoms with Gasteiger partial charge < -0.3 is 24.5 Å². The normalized spacial score (nSPS) is 16.1. The van der Waals surface area contributed by atoms with Crippen molar-refractivity contribution in [2.24, 2.45) is 0 Å². The van der Waals surface area contributed by atoms with Gasteiger partial charge in [-0.1, -0.05) is 12.1 Å². The topological polar surface area (TPSA) is 89.8 Å². The molecule has 1 aromatic heterocycles. The predicted octanol–water partition coefficient (Wildman–Crippen LogP) is 1.35. The molecular formula is C20H23FN2O5. The maximum absolute atomic E-state index is 13.0. The van der Waals surface area contributed by atoms with E-state index < -0.39 is 5.43 Å². The fourth-order valence-corrected chi connectivity index (χ4v) is 2.97. The molecule has 2 heterocycles. The van der Waals surface area contributed by atoms with E-state index in [1.807, 2.05) is 0 Å². The van der Waals surface area contributed by atoms with Gasteiger partial charge >= 0.3 is 0 Å². The summed E-state index contributed by atoms with van der Waals surface area (Å²) in [5.74, 6) is -0.556. The molecule has 3 rings (SSSR count). The number of carbonyl (C=O) groups is 1. The van der Waals surface area contributed by atoms with Crippen molar-refractivity contribution in [1.29, 1.82) is 0 Å². The molecule has 1 aliphatic heterocycles. The third kappa shape index (κ3) is 5.40. The Morgan fingerprint density at radius 3 is 2.82 bits per heavy atom. The van der Waals surface area contributed by atoms with Gasteiger partial charge in [0.2, 0.25) is 11.3 Å². The molecular weight excluding hydrogens is 367 g/mol. The molecule has 0 spiro atoms. The van der Waals surface area contributed by atoms with Crippen LogP contribution in [0.15, 0.2) is 41.3 Å². The number of nitrogens with one attached hydrogen (secondary N) is 1. The lowest BCUT2D eigenvalue weighted by Crippen LogP contribution is -2.34. The number of hydrogen-bond acceptors (Lipinski definition) is 5. The first-order valence-electron chi connectivity index (χ1n) is 9.15. The van der Waals surface area contributed by atoms with Crippen LogP contribution in [0.3, 0.4) is 0 Å². The van der Waals surface area contributed by atoms with Crippen LogP contribution in [-0.4, -0.2) is 34.8 Å². The molecule has 28 heavy (non-hydrogen) atoms. The van der Waals surface area contributed by atoms with Gasteiger partial charge in [-0.2, -0.15) is 0 Å². The Morgan fingerprint density at radius 2 is 2.14 bits per heavy atom. The second-order valence-corrected chi connectivity index (χ2v) is 6.63. The number of rotatable bonds is 8. The number of nitrogens with zero attached hydrogens (tertiary/aromatic N) is 1. The highest BCUT2D eigenvalue weighted by Crippen LogP contribution is 2.12. The van der Waals surface area contributed by atoms with Gasteiger partial charge in [-0.05, 0) is 30.5 Å². The summed E-state index contributed by atoms with van der Waals surface area (Å²) in [7, 11) is 0. The summed E-state index contributed by atoms with van der Waals surface area (Å²) >= 11 is 0. The zero-order valence-electron chi connectivity index (χ0n) is 15.4. The van der Waals surface area contributed by atoms with E-state index in [1.54, 1.807) is 12.1 Å². The molecule has 0 radical (unpaired) electrons. The van der Waals surface area contributed by atoms with E-state index in [9.17, 15) is 19.1 Å². The van der Waals surface area contributed by atoms with Crippen LogP contribution >= 0.6 is 0 Å².